The number of alkyl carbamates (subject to hydrolysis) is 1. The number of para-hydroxylation sites is 1. The zero-order valence-electron chi connectivity index (χ0n) is 26.8. The summed E-state index contributed by atoms with van der Waals surface area (Å²) in [6.07, 6.45) is 1.44. The molecule has 1 aromatic heterocycles. The average Bonchev–Trinajstić information content (AvgIpc) is 3.60. The van der Waals surface area contributed by atoms with E-state index in [4.69, 9.17) is 9.47 Å². The molecule has 2 heterocycles. The summed E-state index contributed by atoms with van der Waals surface area (Å²) in [5.41, 5.74) is 4.63. The number of aryl methyl sites for hydroxylation is 1. The number of carbonyl (C=O) groups excluding carboxylic acids is 2. The molecule has 1 aliphatic rings. The van der Waals surface area contributed by atoms with Crippen LogP contribution in [-0.4, -0.2) is 59.6 Å². The molecule has 0 spiro atoms. The minimum Gasteiger partial charge on any atom is -0.453 e. The van der Waals surface area contributed by atoms with E-state index in [0.29, 0.717) is 31.7 Å². The first-order valence-corrected chi connectivity index (χ1v) is 16.2. The number of nitrogens with one attached hydrogen (secondary N) is 4. The Balaban J connectivity index is 1.10. The molecule has 5 aromatic rings. The van der Waals surface area contributed by atoms with E-state index in [1.54, 1.807) is 0 Å². The molecule has 0 saturated carbocycles. The lowest BCUT2D eigenvalue weighted by Crippen LogP contribution is -2.48. The van der Waals surface area contributed by atoms with Crippen molar-refractivity contribution in [2.75, 3.05) is 25.6 Å². The van der Waals surface area contributed by atoms with E-state index < -0.39 is 18.1 Å². The van der Waals surface area contributed by atoms with Gasteiger partial charge >= 0.3 is 6.09 Å². The Morgan fingerprint density at radius 2 is 1.52 bits per heavy atom. The molecule has 0 aliphatic carbocycles. The molecule has 10 heteroatoms. The maximum Gasteiger partial charge on any atom is 0.407 e. The molecule has 4 aromatic carbocycles. The average molecular weight is 645 g/mol. The van der Waals surface area contributed by atoms with Gasteiger partial charge in [0.1, 0.15) is 17.7 Å². The van der Waals surface area contributed by atoms with Crippen LogP contribution in [0.3, 0.4) is 0 Å². The van der Waals surface area contributed by atoms with Crippen molar-refractivity contribution >= 4 is 17.7 Å². The summed E-state index contributed by atoms with van der Waals surface area (Å²) in [4.78, 5) is 29.9. The minimum atomic E-state index is -0.942. The maximum absolute atomic E-state index is 14.1. The van der Waals surface area contributed by atoms with Gasteiger partial charge in [-0.3, -0.25) is 4.79 Å². The monoisotopic (exact) mass is 644 g/mol. The number of rotatable bonds is 12. The lowest BCUT2D eigenvalue weighted by Gasteiger charge is -2.29. The first-order chi connectivity index (χ1) is 23.6. The summed E-state index contributed by atoms with van der Waals surface area (Å²) in [6.45, 7) is 1.14. The van der Waals surface area contributed by atoms with Crippen molar-refractivity contribution in [1.29, 1.82) is 0 Å². The van der Waals surface area contributed by atoms with Crippen molar-refractivity contribution in [1.82, 2.24) is 25.8 Å². The summed E-state index contributed by atoms with van der Waals surface area (Å²) >= 11 is 0. The van der Waals surface area contributed by atoms with Crippen molar-refractivity contribution in [3.05, 3.63) is 149 Å². The standard InChI is InChI=1S/C38H40N6O4/c1-47-38(46)42-35(34(28-16-7-3-8-17-28)29-18-9-4-10-19-29)37(45)40-31-20-12-11-15-27(31)21-22-30-24-39-32(25-48-30)36-41-33(43-44-36)23-26-13-5-2-6-14-26/h2-20,30,32,34-35,39H,21-25H2,1H3,(H,40,45)(H,42,46)(H,41,43,44)/t30-,32+,35+/m1/s1. The molecule has 0 bridgehead atoms. The topological polar surface area (TPSA) is 130 Å². The predicted molar refractivity (Wildman–Crippen MR) is 184 cm³/mol. The fourth-order valence-corrected chi connectivity index (χ4v) is 6.09. The normalized spacial score (nSPS) is 16.6. The second kappa shape index (κ2) is 16.0. The fraction of sp³-hybridized carbons (Fsp3) is 0.263. The van der Waals surface area contributed by atoms with Gasteiger partial charge in [-0.15, -0.1) is 10.2 Å². The zero-order valence-corrected chi connectivity index (χ0v) is 26.8. The molecule has 3 atom stereocenters. The van der Waals surface area contributed by atoms with Crippen LogP contribution in [0.15, 0.2) is 115 Å². The van der Waals surface area contributed by atoms with Gasteiger partial charge in [0.15, 0.2) is 0 Å². The smallest absolute Gasteiger partial charge is 0.407 e. The third-order valence-electron chi connectivity index (χ3n) is 8.59. The Hall–Kier alpha value is -5.32. The van der Waals surface area contributed by atoms with Gasteiger partial charge in [0.25, 0.3) is 0 Å². The Labute approximate surface area is 280 Å². The molecule has 0 radical (unpaired) electrons. The van der Waals surface area contributed by atoms with Crippen molar-refractivity contribution in [3.63, 3.8) is 0 Å². The highest BCUT2D eigenvalue weighted by Gasteiger charge is 2.33. The predicted octanol–water partition coefficient (Wildman–Crippen LogP) is 5.55. The van der Waals surface area contributed by atoms with E-state index in [1.165, 1.54) is 12.7 Å². The number of benzene rings is 4. The highest BCUT2D eigenvalue weighted by molar-refractivity contribution is 5.98. The van der Waals surface area contributed by atoms with Crippen LogP contribution in [0, 0.1) is 0 Å². The van der Waals surface area contributed by atoms with Crippen LogP contribution in [0.25, 0.3) is 0 Å². The summed E-state index contributed by atoms with van der Waals surface area (Å²) in [5.74, 6) is 0.795. The van der Waals surface area contributed by atoms with Crippen molar-refractivity contribution in [3.8, 4) is 0 Å². The molecule has 1 aliphatic heterocycles. The third-order valence-corrected chi connectivity index (χ3v) is 8.59. The van der Waals surface area contributed by atoms with E-state index in [0.717, 1.165) is 34.8 Å². The van der Waals surface area contributed by atoms with Gasteiger partial charge in [-0.1, -0.05) is 109 Å². The van der Waals surface area contributed by atoms with E-state index >= 15 is 0 Å². The Morgan fingerprint density at radius 3 is 2.17 bits per heavy atom. The largest absolute Gasteiger partial charge is 0.453 e. The van der Waals surface area contributed by atoms with Crippen LogP contribution in [0.1, 0.15) is 52.3 Å². The molecule has 1 saturated heterocycles. The van der Waals surface area contributed by atoms with Gasteiger partial charge in [-0.25, -0.2) is 4.79 Å². The molecule has 6 rings (SSSR count). The Kier molecular flexibility index (Phi) is 10.9. The first-order valence-electron chi connectivity index (χ1n) is 16.2. The summed E-state index contributed by atoms with van der Waals surface area (Å²) in [6, 6.07) is 36.3. The lowest BCUT2D eigenvalue weighted by molar-refractivity contribution is -0.118. The summed E-state index contributed by atoms with van der Waals surface area (Å²) in [5, 5.41) is 18.1. The van der Waals surface area contributed by atoms with Gasteiger partial charge in [-0.05, 0) is 41.2 Å². The highest BCUT2D eigenvalue weighted by Crippen LogP contribution is 2.30. The molecule has 1 fully saturated rings. The molecule has 2 amide bonds. The van der Waals surface area contributed by atoms with Gasteiger partial charge < -0.3 is 30.4 Å². The van der Waals surface area contributed by atoms with Gasteiger partial charge in [0.05, 0.1) is 25.9 Å². The second-order valence-corrected chi connectivity index (χ2v) is 11.8. The van der Waals surface area contributed by atoms with E-state index in [2.05, 4.69) is 43.3 Å². The molecular weight excluding hydrogens is 604 g/mol. The molecular formula is C38H40N6O4. The SMILES string of the molecule is COC(=O)N[C@H](C(=O)Nc1ccccc1CC[C@@H]1CN[C@H](c2nnc(Cc3ccccc3)[nH]2)CO1)C(c1ccccc1)c1ccccc1. The number of ether oxygens (including phenoxy) is 2. The summed E-state index contributed by atoms with van der Waals surface area (Å²) < 4.78 is 11.2. The molecule has 10 nitrogen and oxygen atoms in total. The quantitative estimate of drug-likeness (QED) is 0.140. The first kappa shape index (κ1) is 32.6. The van der Waals surface area contributed by atoms with Gasteiger partial charge in [0.2, 0.25) is 5.91 Å². The van der Waals surface area contributed by atoms with Gasteiger partial charge in [-0.2, -0.15) is 0 Å². The number of amides is 2. The van der Waals surface area contributed by atoms with E-state index in [9.17, 15) is 9.59 Å². The van der Waals surface area contributed by atoms with E-state index in [1.807, 2.05) is 103 Å². The van der Waals surface area contributed by atoms with E-state index in [-0.39, 0.29) is 18.1 Å². The van der Waals surface area contributed by atoms with Crippen LogP contribution in [0.5, 0.6) is 0 Å². The Morgan fingerprint density at radius 1 is 0.875 bits per heavy atom. The number of anilines is 1. The van der Waals surface area contributed by atoms with Crippen LogP contribution in [0.4, 0.5) is 10.5 Å². The number of H-pyrrole nitrogens is 1. The minimum absolute atomic E-state index is 0.00833. The van der Waals surface area contributed by atoms with Crippen LogP contribution < -0.4 is 16.0 Å². The third kappa shape index (κ3) is 8.33. The maximum atomic E-state index is 14.1. The van der Waals surface area contributed by atoms with Crippen molar-refractivity contribution < 1.29 is 19.1 Å². The van der Waals surface area contributed by atoms with Crippen molar-refractivity contribution in [2.45, 2.75) is 43.4 Å². The number of methoxy groups -OCH3 is 1. The fourth-order valence-electron chi connectivity index (χ4n) is 6.09. The van der Waals surface area contributed by atoms with Crippen LogP contribution in [0.2, 0.25) is 0 Å². The number of hydrogen-bond acceptors (Lipinski definition) is 7. The summed E-state index contributed by atoms with van der Waals surface area (Å²) in [7, 11) is 1.29. The van der Waals surface area contributed by atoms with Crippen molar-refractivity contribution in [2.24, 2.45) is 0 Å². The number of nitrogens with zero attached hydrogens (tertiary/aromatic N) is 2. The van der Waals surface area contributed by atoms with Crippen LogP contribution >= 0.6 is 0 Å². The zero-order chi connectivity index (χ0) is 33.1. The number of aromatic nitrogens is 3. The van der Waals surface area contributed by atoms with Crippen LogP contribution in [-0.2, 0) is 27.1 Å². The number of hydrogen-bond donors (Lipinski definition) is 4. The number of carbonyl (C=O) groups is 2. The Bertz CT molecular complexity index is 1720. The molecule has 0 unspecified atom stereocenters. The highest BCUT2D eigenvalue weighted by atomic mass is 16.5. The lowest BCUT2D eigenvalue weighted by atomic mass is 9.84. The molecule has 4 N–H and O–H groups in total. The number of aromatic amines is 1. The number of morpholine rings is 1. The van der Waals surface area contributed by atoms with Gasteiger partial charge in [0, 0.05) is 24.6 Å². The molecule has 246 valence electrons. The second-order valence-electron chi connectivity index (χ2n) is 11.8. The molecule has 48 heavy (non-hydrogen) atoms.